The number of benzene rings is 1. The molecule has 0 aliphatic carbocycles. The smallest absolute Gasteiger partial charge is 0.169 e. The van der Waals surface area contributed by atoms with Crippen LogP contribution >= 0.6 is 0 Å². The summed E-state index contributed by atoms with van der Waals surface area (Å²) in [6.45, 7) is 5.18. The quantitative estimate of drug-likeness (QED) is 0.671. The van der Waals surface area contributed by atoms with Crippen LogP contribution in [0.1, 0.15) is 57.8 Å². The van der Waals surface area contributed by atoms with Crippen LogP contribution < -0.4 is 5.32 Å². The standard InChI is InChI=1S/C17H24FNO/c1-3-5-6-7-11-15(19-4-2)16-12-13-9-8-10-14(18)17(13)20-16/h8-10,12,15,19H,3-7,11H2,1-2H3. The summed E-state index contributed by atoms with van der Waals surface area (Å²) in [6.07, 6.45) is 5.96. The Morgan fingerprint density at radius 3 is 2.75 bits per heavy atom. The van der Waals surface area contributed by atoms with Gasteiger partial charge in [0, 0.05) is 5.39 Å². The molecule has 110 valence electrons. The monoisotopic (exact) mass is 277 g/mol. The van der Waals surface area contributed by atoms with E-state index in [2.05, 4.69) is 19.2 Å². The summed E-state index contributed by atoms with van der Waals surface area (Å²) < 4.78 is 19.4. The maximum Gasteiger partial charge on any atom is 0.169 e. The zero-order chi connectivity index (χ0) is 14.4. The topological polar surface area (TPSA) is 25.2 Å². The molecule has 1 aromatic heterocycles. The number of unbranched alkanes of at least 4 members (excludes halogenated alkanes) is 3. The van der Waals surface area contributed by atoms with Crippen molar-refractivity contribution in [1.29, 1.82) is 0 Å². The van der Waals surface area contributed by atoms with Crippen molar-refractivity contribution < 1.29 is 8.81 Å². The number of hydrogen-bond acceptors (Lipinski definition) is 2. The third-order valence-corrected chi connectivity index (χ3v) is 3.66. The summed E-state index contributed by atoms with van der Waals surface area (Å²) in [4.78, 5) is 0. The van der Waals surface area contributed by atoms with Gasteiger partial charge >= 0.3 is 0 Å². The zero-order valence-electron chi connectivity index (χ0n) is 12.4. The zero-order valence-corrected chi connectivity index (χ0v) is 12.4. The Kier molecular flexibility index (Phi) is 5.60. The third kappa shape index (κ3) is 3.60. The Hall–Kier alpha value is -1.35. The van der Waals surface area contributed by atoms with Gasteiger partial charge in [-0.05, 0) is 25.1 Å². The number of halogens is 1. The van der Waals surface area contributed by atoms with Gasteiger partial charge in [0.05, 0.1) is 6.04 Å². The van der Waals surface area contributed by atoms with Gasteiger partial charge in [-0.15, -0.1) is 0 Å². The molecule has 1 heterocycles. The molecule has 1 atom stereocenters. The van der Waals surface area contributed by atoms with Crippen molar-refractivity contribution in [1.82, 2.24) is 5.32 Å². The summed E-state index contributed by atoms with van der Waals surface area (Å²) >= 11 is 0. The molecule has 0 saturated heterocycles. The van der Waals surface area contributed by atoms with Crippen LogP contribution in [0, 0.1) is 5.82 Å². The minimum absolute atomic E-state index is 0.184. The average molecular weight is 277 g/mol. The minimum Gasteiger partial charge on any atom is -0.456 e. The number of furan rings is 1. The molecule has 2 aromatic rings. The fraction of sp³-hybridized carbons (Fsp3) is 0.529. The molecule has 0 spiro atoms. The highest BCUT2D eigenvalue weighted by Crippen LogP contribution is 2.28. The number of rotatable bonds is 8. The van der Waals surface area contributed by atoms with Crippen LogP contribution in [0.15, 0.2) is 28.7 Å². The molecule has 0 aliphatic rings. The summed E-state index contributed by atoms with van der Waals surface area (Å²) in [6, 6.07) is 7.21. The lowest BCUT2D eigenvalue weighted by atomic mass is 10.0. The van der Waals surface area contributed by atoms with Crippen LogP contribution in [0.5, 0.6) is 0 Å². The summed E-state index contributed by atoms with van der Waals surface area (Å²) in [5.41, 5.74) is 0.374. The molecule has 2 rings (SSSR count). The lowest BCUT2D eigenvalue weighted by molar-refractivity contribution is 0.399. The molecule has 20 heavy (non-hydrogen) atoms. The second-order valence-corrected chi connectivity index (χ2v) is 5.27. The highest BCUT2D eigenvalue weighted by Gasteiger charge is 2.16. The van der Waals surface area contributed by atoms with Gasteiger partial charge < -0.3 is 9.73 Å². The van der Waals surface area contributed by atoms with E-state index >= 15 is 0 Å². The first-order valence-electron chi connectivity index (χ1n) is 7.67. The van der Waals surface area contributed by atoms with Crippen molar-refractivity contribution in [3.8, 4) is 0 Å². The highest BCUT2D eigenvalue weighted by molar-refractivity contribution is 5.78. The van der Waals surface area contributed by atoms with E-state index in [4.69, 9.17) is 4.42 Å². The first-order chi connectivity index (χ1) is 9.76. The number of fused-ring (bicyclic) bond motifs is 1. The number of hydrogen-bond donors (Lipinski definition) is 1. The SMILES string of the molecule is CCCCCCC(NCC)c1cc2cccc(F)c2o1. The van der Waals surface area contributed by atoms with E-state index in [-0.39, 0.29) is 11.9 Å². The van der Waals surface area contributed by atoms with E-state index in [0.717, 1.165) is 24.1 Å². The number of para-hydroxylation sites is 1. The van der Waals surface area contributed by atoms with Crippen LogP contribution in [0.3, 0.4) is 0 Å². The molecule has 0 bridgehead atoms. The summed E-state index contributed by atoms with van der Waals surface area (Å²) in [5.74, 6) is 0.568. The molecule has 1 N–H and O–H groups in total. The van der Waals surface area contributed by atoms with Crippen molar-refractivity contribution >= 4 is 11.0 Å². The van der Waals surface area contributed by atoms with E-state index in [1.807, 2.05) is 12.1 Å². The molecular weight excluding hydrogens is 253 g/mol. The Morgan fingerprint density at radius 2 is 2.05 bits per heavy atom. The van der Waals surface area contributed by atoms with E-state index < -0.39 is 0 Å². The minimum atomic E-state index is -0.282. The van der Waals surface area contributed by atoms with Gasteiger partial charge in [0.1, 0.15) is 5.76 Å². The fourth-order valence-electron chi connectivity index (χ4n) is 2.59. The van der Waals surface area contributed by atoms with Crippen LogP contribution in [0.4, 0.5) is 4.39 Å². The van der Waals surface area contributed by atoms with E-state index in [1.165, 1.54) is 31.7 Å². The van der Waals surface area contributed by atoms with Gasteiger partial charge in [0.15, 0.2) is 11.4 Å². The van der Waals surface area contributed by atoms with Gasteiger partial charge in [-0.2, -0.15) is 0 Å². The van der Waals surface area contributed by atoms with Gasteiger partial charge in [0.2, 0.25) is 0 Å². The van der Waals surface area contributed by atoms with Gasteiger partial charge in [0.25, 0.3) is 0 Å². The molecule has 0 amide bonds. The van der Waals surface area contributed by atoms with Crippen molar-refractivity contribution in [3.63, 3.8) is 0 Å². The normalized spacial score (nSPS) is 12.9. The largest absolute Gasteiger partial charge is 0.456 e. The van der Waals surface area contributed by atoms with Gasteiger partial charge in [-0.25, -0.2) is 4.39 Å². The van der Waals surface area contributed by atoms with E-state index in [0.29, 0.717) is 5.58 Å². The fourth-order valence-corrected chi connectivity index (χ4v) is 2.59. The molecule has 1 unspecified atom stereocenters. The maximum atomic E-state index is 13.7. The van der Waals surface area contributed by atoms with Crippen LogP contribution in [-0.2, 0) is 0 Å². The Bertz CT molecular complexity index is 535. The summed E-state index contributed by atoms with van der Waals surface area (Å²) in [7, 11) is 0. The lowest BCUT2D eigenvalue weighted by Gasteiger charge is -2.15. The van der Waals surface area contributed by atoms with Crippen LogP contribution in [-0.4, -0.2) is 6.54 Å². The lowest BCUT2D eigenvalue weighted by Crippen LogP contribution is -2.20. The van der Waals surface area contributed by atoms with Crippen molar-refractivity contribution in [2.24, 2.45) is 0 Å². The average Bonchev–Trinajstić information content (AvgIpc) is 2.88. The Balaban J connectivity index is 2.12. The first-order valence-corrected chi connectivity index (χ1v) is 7.67. The predicted octanol–water partition coefficient (Wildman–Crippen LogP) is 5.19. The number of nitrogens with one attached hydrogen (secondary N) is 1. The predicted molar refractivity (Wildman–Crippen MR) is 81.3 cm³/mol. The molecule has 3 heteroatoms. The molecule has 0 radical (unpaired) electrons. The molecule has 1 aromatic carbocycles. The molecule has 0 fully saturated rings. The Morgan fingerprint density at radius 1 is 1.20 bits per heavy atom. The summed E-state index contributed by atoms with van der Waals surface area (Å²) in [5, 5.41) is 4.28. The van der Waals surface area contributed by atoms with Gasteiger partial charge in [-0.1, -0.05) is 51.7 Å². The van der Waals surface area contributed by atoms with Gasteiger partial charge in [-0.3, -0.25) is 0 Å². The first kappa shape index (κ1) is 15.0. The van der Waals surface area contributed by atoms with Crippen molar-refractivity contribution in [2.45, 2.75) is 52.0 Å². The van der Waals surface area contributed by atoms with Crippen molar-refractivity contribution in [3.05, 3.63) is 35.8 Å². The molecular formula is C17H24FNO. The van der Waals surface area contributed by atoms with Crippen molar-refractivity contribution in [2.75, 3.05) is 6.54 Å². The van der Waals surface area contributed by atoms with E-state index in [1.54, 1.807) is 6.07 Å². The van der Waals surface area contributed by atoms with E-state index in [9.17, 15) is 4.39 Å². The second kappa shape index (κ2) is 7.44. The molecule has 0 saturated carbocycles. The maximum absolute atomic E-state index is 13.7. The van der Waals surface area contributed by atoms with Crippen LogP contribution in [0.25, 0.3) is 11.0 Å². The highest BCUT2D eigenvalue weighted by atomic mass is 19.1. The third-order valence-electron chi connectivity index (χ3n) is 3.66. The molecule has 0 aliphatic heterocycles. The second-order valence-electron chi connectivity index (χ2n) is 5.27. The molecule has 2 nitrogen and oxygen atoms in total. The van der Waals surface area contributed by atoms with Crippen LogP contribution in [0.2, 0.25) is 0 Å². The Labute approximate surface area is 120 Å².